The van der Waals surface area contributed by atoms with E-state index in [1.807, 2.05) is 0 Å². The van der Waals surface area contributed by atoms with E-state index < -0.39 is 0 Å². The predicted molar refractivity (Wildman–Crippen MR) is 44.2 cm³/mol. The molecule has 0 bridgehead atoms. The molecule has 0 unspecified atom stereocenters. The molecule has 1 atom stereocenters. The lowest BCUT2D eigenvalue weighted by molar-refractivity contribution is -0.121. The molecule has 0 radical (unpaired) electrons. The highest BCUT2D eigenvalue weighted by atomic mass is 35.5. The summed E-state index contributed by atoms with van der Waals surface area (Å²) in [5.74, 6) is -0.0787. The van der Waals surface area contributed by atoms with Crippen molar-refractivity contribution in [2.75, 3.05) is 13.1 Å². The van der Waals surface area contributed by atoms with Gasteiger partial charge < -0.3 is 11.1 Å². The van der Waals surface area contributed by atoms with E-state index in [2.05, 4.69) is 5.32 Å². The van der Waals surface area contributed by atoms with Crippen molar-refractivity contribution < 1.29 is 4.79 Å². The molecule has 3 nitrogen and oxygen atoms in total. The van der Waals surface area contributed by atoms with Gasteiger partial charge in [-0.25, -0.2) is 0 Å². The molecular formula is C6H15ClN2O. The van der Waals surface area contributed by atoms with E-state index >= 15 is 0 Å². The normalized spacial score (nSPS) is 22.6. The van der Waals surface area contributed by atoms with Crippen molar-refractivity contribution in [1.82, 2.24) is 5.32 Å². The first kappa shape index (κ1) is 12.4. The fourth-order valence-corrected chi connectivity index (χ4v) is 0.897. The van der Waals surface area contributed by atoms with Crippen LogP contribution in [0, 0.1) is 5.92 Å². The Balaban J connectivity index is 0. The fourth-order valence-electron chi connectivity index (χ4n) is 0.897. The van der Waals surface area contributed by atoms with Crippen molar-refractivity contribution in [3.05, 3.63) is 0 Å². The summed E-state index contributed by atoms with van der Waals surface area (Å²) in [5.41, 5.74) is 5.02. The summed E-state index contributed by atoms with van der Waals surface area (Å²) in [6.45, 7) is 1.71. The van der Waals surface area contributed by atoms with E-state index in [4.69, 9.17) is 5.73 Å². The summed E-state index contributed by atoms with van der Waals surface area (Å²) >= 11 is 0. The minimum absolute atomic E-state index is 0. The summed E-state index contributed by atoms with van der Waals surface area (Å²) in [5, 5.41) is 3.05. The maximum atomic E-state index is 10.4. The number of carbonyl (C=O) groups excluding carboxylic acids is 1. The number of hydrogen-bond donors (Lipinski definition) is 2. The fraction of sp³-hybridized carbons (Fsp3) is 0.833. The van der Waals surface area contributed by atoms with Crippen LogP contribution in [0.4, 0.5) is 0 Å². The Labute approximate surface area is 67.8 Å². The summed E-state index contributed by atoms with van der Waals surface area (Å²) in [7, 11) is 0. The Kier molecular flexibility index (Phi) is 6.82. The molecule has 1 heterocycles. The molecule has 0 aromatic heterocycles. The third-order valence-electron chi connectivity index (χ3n) is 1.46. The minimum Gasteiger partial charge on any atom is -0.369 e. The quantitative estimate of drug-likeness (QED) is 0.582. The molecule has 0 aliphatic carbocycles. The van der Waals surface area contributed by atoms with Crippen LogP contribution in [0.2, 0.25) is 0 Å². The van der Waals surface area contributed by atoms with Crippen LogP contribution in [0.3, 0.4) is 0 Å². The van der Waals surface area contributed by atoms with Gasteiger partial charge in [-0.15, -0.1) is 12.4 Å². The van der Waals surface area contributed by atoms with Gasteiger partial charge >= 0.3 is 0 Å². The van der Waals surface area contributed by atoms with Gasteiger partial charge in [0, 0.05) is 6.54 Å². The predicted octanol–water partition coefficient (Wildman–Crippen LogP) is 0.139. The summed E-state index contributed by atoms with van der Waals surface area (Å²) in [6, 6.07) is 0. The van der Waals surface area contributed by atoms with Crippen LogP contribution in [0.25, 0.3) is 0 Å². The molecule has 1 aliphatic rings. The number of halogens is 1. The van der Waals surface area contributed by atoms with Crippen molar-refractivity contribution in [3.8, 4) is 0 Å². The van der Waals surface area contributed by atoms with E-state index in [9.17, 15) is 4.79 Å². The number of amides is 1. The number of nitrogens with two attached hydrogens (primary N) is 1. The lowest BCUT2D eigenvalue weighted by Gasteiger charge is -1.98. The smallest absolute Gasteiger partial charge is 0.221 e. The van der Waals surface area contributed by atoms with Gasteiger partial charge in [-0.05, 0) is 13.0 Å². The summed E-state index contributed by atoms with van der Waals surface area (Å²) in [4.78, 5) is 10.4. The number of nitrogens with one attached hydrogen (secondary N) is 1. The molecule has 10 heavy (non-hydrogen) atoms. The maximum absolute atomic E-state index is 10.4. The van der Waals surface area contributed by atoms with E-state index in [0.29, 0.717) is 0 Å². The average Bonchev–Trinajstić information content (AvgIpc) is 2.12. The highest BCUT2D eigenvalue weighted by molar-refractivity contribution is 5.85. The van der Waals surface area contributed by atoms with Gasteiger partial charge in [0.2, 0.25) is 5.91 Å². The lowest BCUT2D eigenvalue weighted by Crippen LogP contribution is -2.24. The standard InChI is InChI=1S/C5H10N2O.CH4.ClH/c6-5(8)4-1-2-7-3-4;;/h4,7H,1-3H2,(H2,6,8);1H4;1H/t4-;;/m0../s1. The van der Waals surface area contributed by atoms with Gasteiger partial charge in [-0.1, -0.05) is 7.43 Å². The average molecular weight is 167 g/mol. The highest BCUT2D eigenvalue weighted by Crippen LogP contribution is 2.04. The zero-order chi connectivity index (χ0) is 5.98. The van der Waals surface area contributed by atoms with Gasteiger partial charge in [0.1, 0.15) is 0 Å². The lowest BCUT2D eigenvalue weighted by atomic mass is 10.1. The van der Waals surface area contributed by atoms with Gasteiger partial charge in [0.25, 0.3) is 0 Å². The van der Waals surface area contributed by atoms with Crippen molar-refractivity contribution >= 4 is 18.3 Å². The Morgan fingerprint density at radius 2 is 2.20 bits per heavy atom. The van der Waals surface area contributed by atoms with Crippen molar-refractivity contribution in [1.29, 1.82) is 0 Å². The zero-order valence-corrected chi connectivity index (χ0v) is 5.91. The molecule has 0 spiro atoms. The summed E-state index contributed by atoms with van der Waals surface area (Å²) in [6.07, 6.45) is 0.912. The van der Waals surface area contributed by atoms with Crippen LogP contribution in [0.1, 0.15) is 13.8 Å². The Hall–Kier alpha value is -0.280. The molecule has 1 rings (SSSR count). The first-order valence-corrected chi connectivity index (χ1v) is 2.81. The monoisotopic (exact) mass is 166 g/mol. The van der Waals surface area contributed by atoms with Crippen LogP contribution < -0.4 is 11.1 Å². The zero-order valence-electron chi connectivity index (χ0n) is 5.09. The molecule has 62 valence electrons. The number of hydrogen-bond acceptors (Lipinski definition) is 2. The van der Waals surface area contributed by atoms with Gasteiger partial charge in [-0.2, -0.15) is 0 Å². The van der Waals surface area contributed by atoms with Crippen LogP contribution in [0.15, 0.2) is 0 Å². The third kappa shape index (κ3) is 3.03. The highest BCUT2D eigenvalue weighted by Gasteiger charge is 2.18. The van der Waals surface area contributed by atoms with E-state index in [-0.39, 0.29) is 31.7 Å². The Morgan fingerprint density at radius 1 is 1.60 bits per heavy atom. The number of rotatable bonds is 1. The molecule has 0 aromatic carbocycles. The first-order chi connectivity index (χ1) is 3.80. The maximum Gasteiger partial charge on any atom is 0.221 e. The number of primary amides is 1. The van der Waals surface area contributed by atoms with E-state index in [0.717, 1.165) is 19.5 Å². The summed E-state index contributed by atoms with van der Waals surface area (Å²) < 4.78 is 0. The van der Waals surface area contributed by atoms with E-state index in [1.165, 1.54) is 0 Å². The van der Waals surface area contributed by atoms with Crippen molar-refractivity contribution in [2.45, 2.75) is 13.8 Å². The second-order valence-electron chi connectivity index (χ2n) is 2.09. The second kappa shape index (κ2) is 5.50. The Morgan fingerprint density at radius 3 is 2.40 bits per heavy atom. The molecule has 0 aromatic rings. The van der Waals surface area contributed by atoms with Crippen LogP contribution in [0.5, 0.6) is 0 Å². The SMILES string of the molecule is C.Cl.NC(=O)[C@H]1CCNC1. The molecule has 1 aliphatic heterocycles. The molecule has 1 saturated heterocycles. The van der Waals surface area contributed by atoms with Crippen molar-refractivity contribution in [2.24, 2.45) is 11.7 Å². The first-order valence-electron chi connectivity index (χ1n) is 2.81. The molecule has 0 saturated carbocycles. The Bertz CT molecular complexity index is 102. The molecule has 4 heteroatoms. The van der Waals surface area contributed by atoms with Gasteiger partial charge in [0.15, 0.2) is 0 Å². The minimum atomic E-state index is -0.171. The van der Waals surface area contributed by atoms with Crippen LogP contribution >= 0.6 is 12.4 Å². The molecule has 1 amide bonds. The van der Waals surface area contributed by atoms with Gasteiger partial charge in [0.05, 0.1) is 5.92 Å². The van der Waals surface area contributed by atoms with Crippen molar-refractivity contribution in [3.63, 3.8) is 0 Å². The van der Waals surface area contributed by atoms with E-state index in [1.54, 1.807) is 0 Å². The third-order valence-corrected chi connectivity index (χ3v) is 1.46. The molecule has 3 N–H and O–H groups in total. The van der Waals surface area contributed by atoms with Crippen LogP contribution in [-0.2, 0) is 4.79 Å². The largest absolute Gasteiger partial charge is 0.369 e. The molecular weight excluding hydrogens is 152 g/mol. The van der Waals surface area contributed by atoms with Gasteiger partial charge in [-0.3, -0.25) is 4.79 Å². The molecule has 1 fully saturated rings. The second-order valence-corrected chi connectivity index (χ2v) is 2.09. The topological polar surface area (TPSA) is 55.1 Å². The van der Waals surface area contributed by atoms with Crippen LogP contribution in [-0.4, -0.2) is 19.0 Å². The number of carbonyl (C=O) groups is 1.